The van der Waals surface area contributed by atoms with Gasteiger partial charge in [0.15, 0.2) is 0 Å². The number of halogens is 3. The number of nitrogens with one attached hydrogen (secondary N) is 5. The monoisotopic (exact) mass is 570 g/mol. The topological polar surface area (TPSA) is 143 Å². The molecule has 0 unspecified atom stereocenters. The van der Waals surface area contributed by atoms with E-state index in [4.69, 9.17) is 4.74 Å². The summed E-state index contributed by atoms with van der Waals surface area (Å²) in [6.07, 6.45) is 3.50. The van der Waals surface area contributed by atoms with Gasteiger partial charge in [-0.05, 0) is 49.2 Å². The summed E-state index contributed by atoms with van der Waals surface area (Å²) in [5.74, 6) is 0.262. The molecule has 0 aliphatic rings. The van der Waals surface area contributed by atoms with Gasteiger partial charge in [0.2, 0.25) is 0 Å². The van der Waals surface area contributed by atoms with Gasteiger partial charge >= 0.3 is 6.36 Å². The highest BCUT2D eigenvalue weighted by molar-refractivity contribution is 5.93. The maximum Gasteiger partial charge on any atom is 0.573 e. The number of fused-ring (bicyclic) bond motifs is 1. The lowest BCUT2D eigenvalue weighted by atomic mass is 10.1. The SMILES string of the molecule is FC(F)(F)Oc1cc(CNCCCCOCCNc2cc(-n3cnnc3)cc3[nH]ncc23)cc(Nc2ccn[nH]2)c1. The molecule has 0 fully saturated rings. The minimum Gasteiger partial charge on any atom is -0.406 e. The molecule has 3 heterocycles. The maximum atomic E-state index is 12.8. The summed E-state index contributed by atoms with van der Waals surface area (Å²) >= 11 is 0. The molecule has 0 amide bonds. The van der Waals surface area contributed by atoms with E-state index in [1.54, 1.807) is 37.2 Å². The van der Waals surface area contributed by atoms with Crippen molar-refractivity contribution in [1.29, 1.82) is 0 Å². The van der Waals surface area contributed by atoms with Crippen LogP contribution in [-0.2, 0) is 11.3 Å². The molecule has 216 valence electrons. The molecule has 41 heavy (non-hydrogen) atoms. The molecule has 5 rings (SSSR count). The molecule has 0 bridgehead atoms. The Bertz CT molecular complexity index is 1500. The normalized spacial score (nSPS) is 11.7. The predicted molar refractivity (Wildman–Crippen MR) is 146 cm³/mol. The largest absolute Gasteiger partial charge is 0.573 e. The smallest absolute Gasteiger partial charge is 0.406 e. The van der Waals surface area contributed by atoms with Crippen molar-refractivity contribution in [3.8, 4) is 11.4 Å². The quantitative estimate of drug-likeness (QED) is 0.115. The lowest BCUT2D eigenvalue weighted by Gasteiger charge is -2.14. The summed E-state index contributed by atoms with van der Waals surface area (Å²) in [5, 5.41) is 32.0. The van der Waals surface area contributed by atoms with Crippen molar-refractivity contribution in [3.05, 3.63) is 67.0 Å². The first kappa shape index (κ1) is 27.9. The molecule has 0 saturated heterocycles. The molecule has 0 aliphatic heterocycles. The van der Waals surface area contributed by atoms with Crippen molar-refractivity contribution in [2.75, 3.05) is 36.9 Å². The number of nitrogens with zero attached hydrogens (tertiary/aromatic N) is 5. The molecule has 0 aliphatic carbocycles. The van der Waals surface area contributed by atoms with Crippen molar-refractivity contribution in [3.63, 3.8) is 0 Å². The number of H-pyrrole nitrogens is 2. The molecule has 2 aromatic carbocycles. The molecular weight excluding hydrogens is 541 g/mol. The number of benzene rings is 2. The van der Waals surface area contributed by atoms with Crippen LogP contribution >= 0.6 is 0 Å². The third kappa shape index (κ3) is 8.18. The van der Waals surface area contributed by atoms with E-state index in [2.05, 4.69) is 51.3 Å². The van der Waals surface area contributed by atoms with Gasteiger partial charge in [0.25, 0.3) is 0 Å². The summed E-state index contributed by atoms with van der Waals surface area (Å²) in [7, 11) is 0. The van der Waals surface area contributed by atoms with Crippen LogP contribution in [0.25, 0.3) is 16.6 Å². The van der Waals surface area contributed by atoms with Gasteiger partial charge < -0.3 is 25.4 Å². The third-order valence-electron chi connectivity index (χ3n) is 6.02. The molecule has 5 N–H and O–H groups in total. The van der Waals surface area contributed by atoms with Crippen LogP contribution in [0.1, 0.15) is 18.4 Å². The summed E-state index contributed by atoms with van der Waals surface area (Å²) in [5.41, 5.74) is 3.84. The Morgan fingerprint density at radius 2 is 1.80 bits per heavy atom. The zero-order valence-electron chi connectivity index (χ0n) is 21.9. The van der Waals surface area contributed by atoms with E-state index in [0.717, 1.165) is 35.1 Å². The highest BCUT2D eigenvalue weighted by Gasteiger charge is 2.31. The van der Waals surface area contributed by atoms with Crippen LogP contribution in [0.15, 0.2) is 61.4 Å². The first-order valence-corrected chi connectivity index (χ1v) is 12.9. The maximum absolute atomic E-state index is 12.8. The van der Waals surface area contributed by atoms with E-state index >= 15 is 0 Å². The summed E-state index contributed by atoms with van der Waals surface area (Å²) in [6, 6.07) is 10.1. The number of unbranched alkanes of at least 4 members (excludes halogenated alkanes) is 1. The van der Waals surface area contributed by atoms with Crippen molar-refractivity contribution in [2.24, 2.45) is 0 Å². The fourth-order valence-electron chi connectivity index (χ4n) is 4.22. The molecule has 3 aromatic heterocycles. The van der Waals surface area contributed by atoms with Crippen LogP contribution in [0, 0.1) is 0 Å². The number of anilines is 3. The Balaban J connectivity index is 1.01. The van der Waals surface area contributed by atoms with Crippen molar-refractivity contribution in [1.82, 2.24) is 40.5 Å². The summed E-state index contributed by atoms with van der Waals surface area (Å²) in [6.45, 7) is 2.81. The van der Waals surface area contributed by atoms with Gasteiger partial charge in [0, 0.05) is 48.6 Å². The van der Waals surface area contributed by atoms with Crippen LogP contribution in [0.4, 0.5) is 30.4 Å². The molecule has 15 heteroatoms. The average molecular weight is 571 g/mol. The minimum atomic E-state index is -4.78. The Hall–Kier alpha value is -4.63. The number of hydrogen-bond acceptors (Lipinski definition) is 9. The van der Waals surface area contributed by atoms with Crippen molar-refractivity contribution >= 4 is 28.1 Å². The molecule has 0 radical (unpaired) electrons. The second-order valence-corrected chi connectivity index (χ2v) is 9.13. The van der Waals surface area contributed by atoms with Gasteiger partial charge in [-0.1, -0.05) is 0 Å². The molecule has 12 nitrogen and oxygen atoms in total. The Kier molecular flexibility index (Phi) is 8.95. The summed E-state index contributed by atoms with van der Waals surface area (Å²) < 4.78 is 50.1. The van der Waals surface area contributed by atoms with Gasteiger partial charge in [-0.25, -0.2) is 0 Å². The van der Waals surface area contributed by atoms with Gasteiger partial charge in [-0.3, -0.25) is 14.8 Å². The van der Waals surface area contributed by atoms with E-state index in [9.17, 15) is 13.2 Å². The third-order valence-corrected chi connectivity index (χ3v) is 6.02. The van der Waals surface area contributed by atoms with E-state index in [0.29, 0.717) is 49.9 Å². The van der Waals surface area contributed by atoms with Crippen LogP contribution in [0.5, 0.6) is 5.75 Å². The Morgan fingerprint density at radius 3 is 2.61 bits per heavy atom. The number of aromatic nitrogens is 7. The fraction of sp³-hybridized carbons (Fsp3) is 0.308. The van der Waals surface area contributed by atoms with E-state index in [1.165, 1.54) is 12.1 Å². The molecule has 0 atom stereocenters. The lowest BCUT2D eigenvalue weighted by Crippen LogP contribution is -2.18. The van der Waals surface area contributed by atoms with Crippen LogP contribution in [0.3, 0.4) is 0 Å². The second kappa shape index (κ2) is 13.1. The predicted octanol–water partition coefficient (Wildman–Crippen LogP) is 4.51. The second-order valence-electron chi connectivity index (χ2n) is 9.13. The number of aromatic amines is 2. The van der Waals surface area contributed by atoms with E-state index in [-0.39, 0.29) is 5.75 Å². The van der Waals surface area contributed by atoms with Crippen molar-refractivity contribution in [2.45, 2.75) is 25.7 Å². The molecule has 0 saturated carbocycles. The van der Waals surface area contributed by atoms with E-state index in [1.807, 2.05) is 16.7 Å². The van der Waals surface area contributed by atoms with Crippen LogP contribution in [-0.4, -0.2) is 67.8 Å². The number of hydrogen-bond donors (Lipinski definition) is 5. The Morgan fingerprint density at radius 1 is 0.927 bits per heavy atom. The molecule has 0 spiro atoms. The van der Waals surface area contributed by atoms with Gasteiger partial charge in [-0.15, -0.1) is 23.4 Å². The fourth-order valence-corrected chi connectivity index (χ4v) is 4.22. The van der Waals surface area contributed by atoms with Crippen LogP contribution in [0.2, 0.25) is 0 Å². The zero-order chi connectivity index (χ0) is 28.5. The number of alkyl halides is 3. The highest BCUT2D eigenvalue weighted by Crippen LogP contribution is 2.29. The molecular formula is C26H29F3N10O2. The van der Waals surface area contributed by atoms with Gasteiger partial charge in [0.1, 0.15) is 24.2 Å². The zero-order valence-corrected chi connectivity index (χ0v) is 21.9. The average Bonchev–Trinajstić information content (AvgIpc) is 3.71. The van der Waals surface area contributed by atoms with Gasteiger partial charge in [0.05, 0.1) is 30.2 Å². The first-order valence-electron chi connectivity index (χ1n) is 12.9. The summed E-state index contributed by atoms with van der Waals surface area (Å²) in [4.78, 5) is 0. The van der Waals surface area contributed by atoms with Gasteiger partial charge in [-0.2, -0.15) is 10.2 Å². The van der Waals surface area contributed by atoms with E-state index < -0.39 is 6.36 Å². The lowest BCUT2D eigenvalue weighted by molar-refractivity contribution is -0.274. The molecule has 5 aromatic rings. The number of rotatable bonds is 15. The first-order chi connectivity index (χ1) is 19.9. The van der Waals surface area contributed by atoms with Crippen LogP contribution < -0.4 is 20.7 Å². The van der Waals surface area contributed by atoms with Crippen molar-refractivity contribution < 1.29 is 22.6 Å². The Labute approximate surface area is 232 Å². The number of ether oxygens (including phenoxy) is 2. The minimum absolute atomic E-state index is 0.292. The standard InChI is InChI=1S/C26H29F3N10O2/c27-26(28,29)41-21-10-18(9-19(11-21)36-25-3-5-32-38-25)14-30-4-1-2-7-40-8-6-31-23-12-20(39-16-34-35-17-39)13-24-22(23)15-33-37-24/h3,5,9-13,15-17,30-31H,1-2,4,6-8,14H2,(H,33,37)(H2,32,36,38). The highest BCUT2D eigenvalue weighted by atomic mass is 19.4.